The smallest absolute Gasteiger partial charge is 0.169 e. The highest BCUT2D eigenvalue weighted by Crippen LogP contribution is 2.32. The summed E-state index contributed by atoms with van der Waals surface area (Å²) in [6.45, 7) is 2.64. The fraction of sp³-hybridized carbons (Fsp3) is 0.462. The molecule has 0 bridgehead atoms. The molecule has 0 saturated carbocycles. The van der Waals surface area contributed by atoms with Crippen LogP contribution in [0.2, 0.25) is 0 Å². The van der Waals surface area contributed by atoms with E-state index < -0.39 is 15.2 Å². The summed E-state index contributed by atoms with van der Waals surface area (Å²) in [6.07, 6.45) is 1.29. The zero-order valence-corrected chi connectivity index (χ0v) is 13.9. The van der Waals surface area contributed by atoms with Crippen molar-refractivity contribution in [1.29, 1.82) is 0 Å². The molecule has 0 aliphatic carbocycles. The van der Waals surface area contributed by atoms with Gasteiger partial charge >= 0.3 is 0 Å². The maximum absolute atomic E-state index is 12.0. The van der Waals surface area contributed by atoms with E-state index in [1.165, 1.54) is 6.26 Å². The molecular weight excluding hydrogens is 312 g/mol. The number of thiocarbonyl (C=S) groups is 1. The van der Waals surface area contributed by atoms with E-state index in [2.05, 4.69) is 0 Å². The number of aryl methyl sites for hydroxylation is 1. The Morgan fingerprint density at radius 2 is 2.20 bits per heavy atom. The van der Waals surface area contributed by atoms with Gasteiger partial charge < -0.3 is 10.6 Å². The number of sulfone groups is 1. The molecule has 1 aliphatic heterocycles. The molecule has 1 atom stereocenters. The Kier molecular flexibility index (Phi) is 4.61. The summed E-state index contributed by atoms with van der Waals surface area (Å²) in [7, 11) is -3.16. The summed E-state index contributed by atoms with van der Waals surface area (Å²) in [5, 5.41) is -0.518. The number of hydrogen-bond donors (Lipinski definition) is 1. The lowest BCUT2D eigenvalue weighted by Crippen LogP contribution is -2.48. The topological polar surface area (TPSA) is 63.4 Å². The van der Waals surface area contributed by atoms with Gasteiger partial charge in [-0.2, -0.15) is 11.8 Å². The summed E-state index contributed by atoms with van der Waals surface area (Å²) >= 11 is 6.77. The second-order valence-electron chi connectivity index (χ2n) is 4.89. The normalized spacial score (nSPS) is 19.9. The molecular formula is C13H18N2O2S3. The summed E-state index contributed by atoms with van der Waals surface area (Å²) in [6, 6.07) is 5.70. The third-order valence-electron chi connectivity index (χ3n) is 3.37. The van der Waals surface area contributed by atoms with Crippen molar-refractivity contribution < 1.29 is 8.42 Å². The molecule has 0 amide bonds. The van der Waals surface area contributed by atoms with Crippen molar-refractivity contribution in [3.8, 4) is 0 Å². The quantitative estimate of drug-likeness (QED) is 0.849. The van der Waals surface area contributed by atoms with E-state index in [-0.39, 0.29) is 0 Å². The Labute approximate surface area is 129 Å². The van der Waals surface area contributed by atoms with Crippen molar-refractivity contribution in [3.63, 3.8) is 0 Å². The van der Waals surface area contributed by atoms with Crippen LogP contribution in [0, 0.1) is 6.92 Å². The van der Waals surface area contributed by atoms with E-state index in [4.69, 9.17) is 18.0 Å². The predicted octanol–water partition coefficient (Wildman–Crippen LogP) is 1.55. The van der Waals surface area contributed by atoms with Crippen molar-refractivity contribution in [3.05, 3.63) is 29.3 Å². The van der Waals surface area contributed by atoms with Crippen LogP contribution in [0.1, 0.15) is 11.1 Å². The zero-order chi connectivity index (χ0) is 14.9. The van der Waals surface area contributed by atoms with Gasteiger partial charge in [0.15, 0.2) is 9.84 Å². The molecule has 110 valence electrons. The Morgan fingerprint density at radius 3 is 2.80 bits per heavy atom. The molecule has 0 spiro atoms. The van der Waals surface area contributed by atoms with Crippen LogP contribution in [0.5, 0.6) is 0 Å². The lowest BCUT2D eigenvalue weighted by molar-refractivity contribution is 0.584. The molecule has 1 aliphatic rings. The molecule has 1 aromatic carbocycles. The minimum Gasteiger partial charge on any atom is -0.389 e. The number of nitrogens with two attached hydrogens (primary N) is 1. The second-order valence-corrected chi connectivity index (χ2v) is 8.68. The SMILES string of the molecule is Cc1cccc(C(N)=S)c1N1CCSCC1S(C)(=O)=O. The van der Waals surface area contributed by atoms with E-state index >= 15 is 0 Å². The van der Waals surface area contributed by atoms with Crippen LogP contribution in [-0.4, -0.2) is 43.1 Å². The van der Waals surface area contributed by atoms with Crippen LogP contribution in [0.15, 0.2) is 18.2 Å². The maximum atomic E-state index is 12.0. The van der Waals surface area contributed by atoms with Crippen molar-refractivity contribution in [2.45, 2.75) is 12.3 Å². The van der Waals surface area contributed by atoms with Crippen LogP contribution in [-0.2, 0) is 9.84 Å². The lowest BCUT2D eigenvalue weighted by Gasteiger charge is -2.37. The maximum Gasteiger partial charge on any atom is 0.169 e. The lowest BCUT2D eigenvalue weighted by atomic mass is 10.1. The van der Waals surface area contributed by atoms with E-state index in [0.717, 1.165) is 22.6 Å². The molecule has 1 unspecified atom stereocenters. The van der Waals surface area contributed by atoms with Gasteiger partial charge in [-0.1, -0.05) is 24.4 Å². The molecule has 1 aromatic rings. The minimum absolute atomic E-state index is 0.300. The number of nitrogens with zero attached hydrogens (tertiary/aromatic N) is 1. The Bertz CT molecular complexity index is 629. The first-order valence-electron chi connectivity index (χ1n) is 6.25. The van der Waals surface area contributed by atoms with Gasteiger partial charge in [-0.25, -0.2) is 8.42 Å². The van der Waals surface area contributed by atoms with E-state index in [1.807, 2.05) is 30.0 Å². The third-order valence-corrected chi connectivity index (χ3v) is 6.23. The Morgan fingerprint density at radius 1 is 1.50 bits per heavy atom. The number of benzene rings is 1. The molecule has 4 nitrogen and oxygen atoms in total. The first kappa shape index (κ1) is 15.6. The second kappa shape index (κ2) is 5.91. The summed E-state index contributed by atoms with van der Waals surface area (Å²) in [5.74, 6) is 1.47. The molecule has 2 rings (SSSR count). The zero-order valence-electron chi connectivity index (χ0n) is 11.5. The molecule has 7 heteroatoms. The largest absolute Gasteiger partial charge is 0.389 e. The van der Waals surface area contributed by atoms with E-state index in [0.29, 0.717) is 17.3 Å². The molecule has 1 saturated heterocycles. The molecule has 1 heterocycles. The standard InChI is InChI=1S/C13H18N2O2S3/c1-9-4-3-5-10(13(14)18)12(9)15-6-7-19-8-11(15)20(2,16)17/h3-5,11H,6-8H2,1-2H3,(H2,14,18). The molecule has 0 radical (unpaired) electrons. The van der Waals surface area contributed by atoms with E-state index in [1.54, 1.807) is 11.8 Å². The van der Waals surface area contributed by atoms with Gasteiger partial charge in [-0.15, -0.1) is 0 Å². The highest BCUT2D eigenvalue weighted by molar-refractivity contribution is 8.01. The van der Waals surface area contributed by atoms with Crippen molar-refractivity contribution in [2.24, 2.45) is 5.73 Å². The van der Waals surface area contributed by atoms with Gasteiger partial charge in [0.2, 0.25) is 0 Å². The van der Waals surface area contributed by atoms with Gasteiger partial charge in [0.05, 0.1) is 5.69 Å². The number of rotatable bonds is 3. The first-order valence-corrected chi connectivity index (χ1v) is 9.77. The van der Waals surface area contributed by atoms with Gasteiger partial charge in [0, 0.05) is 29.9 Å². The average Bonchev–Trinajstić information content (AvgIpc) is 2.37. The number of hydrogen-bond acceptors (Lipinski definition) is 5. The van der Waals surface area contributed by atoms with Crippen LogP contribution in [0.4, 0.5) is 5.69 Å². The number of para-hydroxylation sites is 1. The fourth-order valence-electron chi connectivity index (χ4n) is 2.43. The third kappa shape index (κ3) is 3.10. The van der Waals surface area contributed by atoms with Crippen LogP contribution < -0.4 is 10.6 Å². The molecule has 0 aromatic heterocycles. The van der Waals surface area contributed by atoms with Crippen LogP contribution >= 0.6 is 24.0 Å². The predicted molar refractivity (Wildman–Crippen MR) is 90.4 cm³/mol. The first-order chi connectivity index (χ1) is 9.32. The monoisotopic (exact) mass is 330 g/mol. The summed E-state index contributed by atoms with van der Waals surface area (Å²) in [5.41, 5.74) is 8.40. The molecule has 20 heavy (non-hydrogen) atoms. The van der Waals surface area contributed by atoms with Crippen LogP contribution in [0.25, 0.3) is 0 Å². The van der Waals surface area contributed by atoms with Gasteiger partial charge in [-0.05, 0) is 18.6 Å². The summed E-state index contributed by atoms with van der Waals surface area (Å²) in [4.78, 5) is 2.24. The van der Waals surface area contributed by atoms with Crippen LogP contribution in [0.3, 0.4) is 0 Å². The fourth-order valence-corrected chi connectivity index (χ4v) is 5.42. The Balaban J connectivity index is 2.56. The summed E-state index contributed by atoms with van der Waals surface area (Å²) < 4.78 is 24.1. The molecule has 2 N–H and O–H groups in total. The minimum atomic E-state index is -3.16. The average molecular weight is 331 g/mol. The van der Waals surface area contributed by atoms with Crippen molar-refractivity contribution in [2.75, 3.05) is 29.2 Å². The van der Waals surface area contributed by atoms with E-state index in [9.17, 15) is 8.42 Å². The highest BCUT2D eigenvalue weighted by Gasteiger charge is 2.33. The highest BCUT2D eigenvalue weighted by atomic mass is 32.2. The number of anilines is 1. The van der Waals surface area contributed by atoms with Gasteiger partial charge in [0.25, 0.3) is 0 Å². The Hall–Kier alpha value is -0.790. The van der Waals surface area contributed by atoms with Crippen molar-refractivity contribution in [1.82, 2.24) is 0 Å². The molecule has 1 fully saturated rings. The number of thioether (sulfide) groups is 1. The van der Waals surface area contributed by atoms with Crippen molar-refractivity contribution >= 4 is 44.5 Å². The van der Waals surface area contributed by atoms with Gasteiger partial charge in [0.1, 0.15) is 10.4 Å². The van der Waals surface area contributed by atoms with Gasteiger partial charge in [-0.3, -0.25) is 0 Å².